The number of carbonyl (C=O) groups excluding carboxylic acids is 4. The number of halogens is 3. The minimum atomic E-state index is -1.03. The molecule has 14 heteroatoms. The molecule has 0 aliphatic rings. The Morgan fingerprint density at radius 3 is 1.37 bits per heavy atom. The van der Waals surface area contributed by atoms with Crippen LogP contribution in [0.3, 0.4) is 0 Å². The number of ether oxygens (including phenoxy) is 5. The molecular weight excluding hydrogens is 712 g/mol. The van der Waals surface area contributed by atoms with E-state index in [1.54, 1.807) is 95.2 Å². The molecule has 0 aliphatic carbocycles. The standard InChI is InChI=1S/C17H24FNO5.C11H20O5.C7H6BrF/c1-16(2,3)22-14(20)19(24-15(21)23-17(4,5)6)11-12-7-9-13(18)10-8-12;1-10(2,3)15-8(12)7-14-9(13)16-11(4,5)6;8-5-6-1-3-7(9)4-2-6/h7-10H,11H2,1-6H3;7H2,1-6H3;1-4H,5H2. The number of amides is 1. The SMILES string of the molecule is CC(C)(C)OC(=O)COC(=O)OC(C)(C)C.CC(C)(C)OC(=O)ON(Cc1ccc(F)cc1)C(=O)OC(C)(C)C.Fc1ccc(CBr)cc1. The molecule has 0 saturated heterocycles. The van der Waals surface area contributed by atoms with Gasteiger partial charge in [0.1, 0.15) is 34.0 Å². The van der Waals surface area contributed by atoms with Crippen molar-refractivity contribution in [1.82, 2.24) is 5.06 Å². The van der Waals surface area contributed by atoms with Gasteiger partial charge >= 0.3 is 24.4 Å². The van der Waals surface area contributed by atoms with Crippen LogP contribution in [0.4, 0.5) is 23.2 Å². The van der Waals surface area contributed by atoms with Gasteiger partial charge in [-0.3, -0.25) is 4.84 Å². The Morgan fingerprint density at radius 1 is 0.592 bits per heavy atom. The summed E-state index contributed by atoms with van der Waals surface area (Å²) in [5.74, 6) is -1.19. The average molecular weight is 763 g/mol. The molecule has 0 aliphatic heterocycles. The number of nitrogens with zero attached hydrogens (tertiary/aromatic N) is 1. The van der Waals surface area contributed by atoms with Crippen LogP contribution in [0.15, 0.2) is 48.5 Å². The van der Waals surface area contributed by atoms with Crippen LogP contribution in [-0.2, 0) is 45.2 Å². The summed E-state index contributed by atoms with van der Waals surface area (Å²) in [6, 6.07) is 11.9. The molecule has 0 saturated carbocycles. The Labute approximate surface area is 296 Å². The highest BCUT2D eigenvalue weighted by molar-refractivity contribution is 9.08. The molecule has 276 valence electrons. The molecule has 0 bridgehead atoms. The first kappa shape index (κ1) is 45.1. The van der Waals surface area contributed by atoms with Gasteiger partial charge in [0.2, 0.25) is 0 Å². The van der Waals surface area contributed by atoms with Crippen molar-refractivity contribution in [2.45, 2.75) is 117 Å². The quantitative estimate of drug-likeness (QED) is 0.126. The molecule has 0 unspecified atom stereocenters. The smallest absolute Gasteiger partial charge is 0.457 e. The maximum atomic E-state index is 13.0. The zero-order chi connectivity index (χ0) is 38.2. The van der Waals surface area contributed by atoms with Crippen LogP contribution in [0.5, 0.6) is 0 Å². The summed E-state index contributed by atoms with van der Waals surface area (Å²) in [5, 5.41) is 1.53. The number of hydroxylamine groups is 2. The van der Waals surface area contributed by atoms with E-state index in [0.717, 1.165) is 16.0 Å². The lowest BCUT2D eigenvalue weighted by Crippen LogP contribution is -2.39. The van der Waals surface area contributed by atoms with Crippen molar-refractivity contribution in [2.24, 2.45) is 0 Å². The number of rotatable bonds is 5. The molecule has 2 aromatic rings. The highest BCUT2D eigenvalue weighted by Gasteiger charge is 2.28. The number of carbonyl (C=O) groups is 4. The summed E-state index contributed by atoms with van der Waals surface area (Å²) in [6.45, 7) is 19.9. The van der Waals surface area contributed by atoms with Gasteiger partial charge < -0.3 is 23.7 Å². The fourth-order valence-electron chi connectivity index (χ4n) is 2.90. The van der Waals surface area contributed by atoms with Gasteiger partial charge in [-0.15, -0.1) is 5.06 Å². The minimum Gasteiger partial charge on any atom is -0.457 e. The molecule has 0 N–H and O–H groups in total. The first-order chi connectivity index (χ1) is 22.2. The van der Waals surface area contributed by atoms with Crippen LogP contribution < -0.4 is 0 Å². The van der Waals surface area contributed by atoms with E-state index in [4.69, 9.17) is 23.8 Å². The molecule has 0 fully saturated rings. The Hall–Kier alpha value is -3.94. The van der Waals surface area contributed by atoms with Gasteiger partial charge in [-0.05, 0) is 118 Å². The van der Waals surface area contributed by atoms with Crippen molar-refractivity contribution >= 4 is 40.3 Å². The van der Waals surface area contributed by atoms with E-state index < -0.39 is 59.2 Å². The van der Waals surface area contributed by atoms with Crippen LogP contribution in [0.2, 0.25) is 0 Å². The van der Waals surface area contributed by atoms with Crippen LogP contribution in [0.1, 0.15) is 94.2 Å². The van der Waals surface area contributed by atoms with E-state index >= 15 is 0 Å². The van der Waals surface area contributed by atoms with Gasteiger partial charge in [0, 0.05) is 5.33 Å². The summed E-state index contributed by atoms with van der Waals surface area (Å²) in [7, 11) is 0. The highest BCUT2D eigenvalue weighted by Crippen LogP contribution is 2.16. The molecule has 11 nitrogen and oxygen atoms in total. The van der Waals surface area contributed by atoms with Crippen molar-refractivity contribution in [1.29, 1.82) is 0 Å². The number of esters is 1. The van der Waals surface area contributed by atoms with E-state index in [1.807, 2.05) is 0 Å². The first-order valence-electron chi connectivity index (χ1n) is 15.2. The predicted octanol–water partition coefficient (Wildman–Crippen LogP) is 9.43. The van der Waals surface area contributed by atoms with Crippen molar-refractivity contribution < 1.29 is 56.5 Å². The summed E-state index contributed by atoms with van der Waals surface area (Å²) in [6.07, 6.45) is -2.76. The lowest BCUT2D eigenvalue weighted by Gasteiger charge is -2.27. The monoisotopic (exact) mass is 761 g/mol. The third-order valence-electron chi connectivity index (χ3n) is 4.60. The topological polar surface area (TPSA) is 127 Å². The summed E-state index contributed by atoms with van der Waals surface area (Å²) >= 11 is 3.26. The molecule has 0 radical (unpaired) electrons. The van der Waals surface area contributed by atoms with Gasteiger partial charge in [-0.2, -0.15) is 0 Å². The van der Waals surface area contributed by atoms with Crippen LogP contribution in [-0.4, -0.2) is 58.4 Å². The second-order valence-electron chi connectivity index (χ2n) is 14.3. The zero-order valence-corrected chi connectivity index (χ0v) is 32.0. The number of hydrogen-bond donors (Lipinski definition) is 0. The van der Waals surface area contributed by atoms with Gasteiger partial charge in [0.25, 0.3) is 0 Å². The molecule has 49 heavy (non-hydrogen) atoms. The van der Waals surface area contributed by atoms with E-state index in [0.29, 0.717) is 5.56 Å². The molecule has 2 aromatic carbocycles. The Balaban J connectivity index is 0.000000787. The fraction of sp³-hybridized carbons (Fsp3) is 0.543. The number of alkyl halides is 1. The fourth-order valence-corrected chi connectivity index (χ4v) is 3.28. The normalized spacial score (nSPS) is 11.3. The molecule has 1 amide bonds. The van der Waals surface area contributed by atoms with Gasteiger partial charge in [-0.1, -0.05) is 40.2 Å². The van der Waals surface area contributed by atoms with Gasteiger partial charge in [0.05, 0.1) is 6.54 Å². The van der Waals surface area contributed by atoms with E-state index in [1.165, 1.54) is 36.4 Å². The minimum absolute atomic E-state index is 0.103. The highest BCUT2D eigenvalue weighted by atomic mass is 79.9. The average Bonchev–Trinajstić information content (AvgIpc) is 2.90. The van der Waals surface area contributed by atoms with Crippen LogP contribution >= 0.6 is 15.9 Å². The second kappa shape index (κ2) is 19.9. The second-order valence-corrected chi connectivity index (χ2v) is 14.9. The van der Waals surface area contributed by atoms with E-state index in [2.05, 4.69) is 20.7 Å². The summed E-state index contributed by atoms with van der Waals surface area (Å²) in [5.41, 5.74) is -1.11. The Bertz CT molecular complexity index is 1300. The molecule has 2 rings (SSSR count). The molecule has 0 heterocycles. The summed E-state index contributed by atoms with van der Waals surface area (Å²) < 4.78 is 49.8. The molecule has 0 spiro atoms. The largest absolute Gasteiger partial charge is 0.534 e. The Morgan fingerprint density at radius 2 is 0.980 bits per heavy atom. The van der Waals surface area contributed by atoms with Crippen LogP contribution in [0.25, 0.3) is 0 Å². The van der Waals surface area contributed by atoms with Crippen molar-refractivity contribution in [3.63, 3.8) is 0 Å². The number of benzene rings is 2. The van der Waals surface area contributed by atoms with E-state index in [-0.39, 0.29) is 12.4 Å². The number of hydrogen-bond acceptors (Lipinski definition) is 10. The van der Waals surface area contributed by atoms with Crippen molar-refractivity contribution in [2.75, 3.05) is 6.61 Å². The summed E-state index contributed by atoms with van der Waals surface area (Å²) in [4.78, 5) is 51.3. The molecule has 0 aromatic heterocycles. The lowest BCUT2D eigenvalue weighted by atomic mass is 10.2. The van der Waals surface area contributed by atoms with E-state index in [9.17, 15) is 28.0 Å². The Kier molecular flexibility index (Phi) is 18.3. The molecule has 0 atom stereocenters. The molecular formula is C35H50BrF2NO10. The zero-order valence-electron chi connectivity index (χ0n) is 30.4. The predicted molar refractivity (Wildman–Crippen MR) is 183 cm³/mol. The maximum absolute atomic E-state index is 13.0. The van der Waals surface area contributed by atoms with Crippen molar-refractivity contribution in [3.05, 3.63) is 71.3 Å². The lowest BCUT2D eigenvalue weighted by molar-refractivity contribution is -0.159. The van der Waals surface area contributed by atoms with Crippen LogP contribution in [0, 0.1) is 11.6 Å². The maximum Gasteiger partial charge on any atom is 0.534 e. The van der Waals surface area contributed by atoms with Gasteiger partial charge in [0.15, 0.2) is 6.61 Å². The van der Waals surface area contributed by atoms with Gasteiger partial charge in [-0.25, -0.2) is 28.0 Å². The third-order valence-corrected chi connectivity index (χ3v) is 5.24. The first-order valence-corrected chi connectivity index (χ1v) is 16.3. The third kappa shape index (κ3) is 25.7. The van der Waals surface area contributed by atoms with Crippen molar-refractivity contribution in [3.8, 4) is 0 Å².